The molecule has 2 aromatic carbocycles. The van der Waals surface area contributed by atoms with Crippen LogP contribution in [0.25, 0.3) is 0 Å². The molecule has 2 aromatic rings. The van der Waals surface area contributed by atoms with E-state index in [2.05, 4.69) is 36.5 Å². The van der Waals surface area contributed by atoms with Crippen molar-refractivity contribution in [2.24, 2.45) is 0 Å². The number of nitrogens with two attached hydrogens (primary N) is 1. The van der Waals surface area contributed by atoms with Crippen LogP contribution in [0.4, 0.5) is 0 Å². The topological polar surface area (TPSA) is 44.3 Å². The highest BCUT2D eigenvalue weighted by Crippen LogP contribution is 2.21. The number of methoxy groups -OCH3 is 3. The van der Waals surface area contributed by atoms with Gasteiger partial charge in [-0.15, -0.1) is 0 Å². The summed E-state index contributed by atoms with van der Waals surface area (Å²) in [4.78, 5) is 0. The van der Waals surface area contributed by atoms with E-state index in [9.17, 15) is 0 Å². The molecule has 0 aliphatic carbocycles. The Balaban J connectivity index is 1.83. The van der Waals surface area contributed by atoms with E-state index in [0.29, 0.717) is 6.04 Å². The van der Waals surface area contributed by atoms with Gasteiger partial charge in [0.05, 0.1) is 27.4 Å². The molecule has 0 heterocycles. The van der Waals surface area contributed by atoms with E-state index in [4.69, 9.17) is 14.2 Å². The predicted molar refractivity (Wildman–Crippen MR) is 96.0 cm³/mol. The maximum atomic E-state index is 5.32. The molecule has 2 rings (SSSR count). The number of ether oxygens (including phenoxy) is 3. The van der Waals surface area contributed by atoms with Crippen molar-refractivity contribution in [2.45, 2.75) is 32.4 Å². The Morgan fingerprint density at radius 1 is 0.792 bits per heavy atom. The number of hydrogen-bond donors (Lipinski definition) is 1. The monoisotopic (exact) mass is 330 g/mol. The van der Waals surface area contributed by atoms with Crippen LogP contribution in [0.5, 0.6) is 17.2 Å². The molecular weight excluding hydrogens is 302 g/mol. The van der Waals surface area contributed by atoms with Crippen molar-refractivity contribution in [1.29, 1.82) is 0 Å². The number of benzene rings is 2. The third-order valence-electron chi connectivity index (χ3n) is 4.21. The molecule has 0 saturated heterocycles. The molecule has 0 bridgehead atoms. The van der Waals surface area contributed by atoms with Crippen LogP contribution in [0.3, 0.4) is 0 Å². The Morgan fingerprint density at radius 3 is 1.92 bits per heavy atom. The zero-order chi connectivity index (χ0) is 17.4. The Morgan fingerprint density at radius 2 is 1.38 bits per heavy atom. The largest absolute Gasteiger partial charge is 0.497 e. The Bertz CT molecular complexity index is 603. The molecule has 0 unspecified atom stereocenters. The lowest BCUT2D eigenvalue weighted by molar-refractivity contribution is -0.701. The number of aryl methyl sites for hydroxylation is 1. The van der Waals surface area contributed by atoms with Gasteiger partial charge >= 0.3 is 0 Å². The van der Waals surface area contributed by atoms with Crippen LogP contribution in [0.15, 0.2) is 42.5 Å². The van der Waals surface area contributed by atoms with Crippen molar-refractivity contribution in [3.63, 3.8) is 0 Å². The summed E-state index contributed by atoms with van der Waals surface area (Å²) >= 11 is 0. The maximum absolute atomic E-state index is 5.32. The third-order valence-corrected chi connectivity index (χ3v) is 4.21. The van der Waals surface area contributed by atoms with Crippen LogP contribution < -0.4 is 19.5 Å². The Kier molecular flexibility index (Phi) is 6.94. The lowest BCUT2D eigenvalue weighted by Gasteiger charge is -2.12. The van der Waals surface area contributed by atoms with Crippen LogP contribution in [0.2, 0.25) is 0 Å². The molecule has 0 fully saturated rings. The van der Waals surface area contributed by atoms with Crippen molar-refractivity contribution in [2.75, 3.05) is 21.3 Å². The van der Waals surface area contributed by atoms with Crippen LogP contribution in [0, 0.1) is 0 Å². The number of rotatable bonds is 9. The zero-order valence-electron chi connectivity index (χ0n) is 15.0. The van der Waals surface area contributed by atoms with Crippen molar-refractivity contribution in [3.8, 4) is 17.2 Å². The molecule has 0 spiro atoms. The van der Waals surface area contributed by atoms with E-state index in [-0.39, 0.29) is 0 Å². The third kappa shape index (κ3) is 5.46. The highest BCUT2D eigenvalue weighted by Gasteiger charge is 2.08. The normalized spacial score (nSPS) is 11.8. The summed E-state index contributed by atoms with van der Waals surface area (Å²) in [5.41, 5.74) is 2.56. The second-order valence-electron chi connectivity index (χ2n) is 6.02. The van der Waals surface area contributed by atoms with Gasteiger partial charge in [-0.05, 0) is 43.2 Å². The van der Waals surface area contributed by atoms with E-state index in [1.165, 1.54) is 11.1 Å². The van der Waals surface area contributed by atoms with Crippen molar-refractivity contribution >= 4 is 0 Å². The summed E-state index contributed by atoms with van der Waals surface area (Å²) in [5, 5.41) is 2.36. The van der Waals surface area contributed by atoms with Gasteiger partial charge in [-0.1, -0.05) is 12.1 Å². The summed E-state index contributed by atoms with van der Waals surface area (Å²) in [6.07, 6.45) is 2.20. The van der Waals surface area contributed by atoms with Crippen LogP contribution >= 0.6 is 0 Å². The minimum Gasteiger partial charge on any atom is -0.497 e. The average molecular weight is 330 g/mol. The molecule has 0 amide bonds. The standard InChI is InChI=1S/C20H27NO3/c1-15(5-6-16-7-9-18(22-2)10-8-16)21-14-17-11-19(23-3)13-20(12-17)24-4/h7-13,15,21H,5-6,14H2,1-4H3/p+1/t15-/m0/s1. The summed E-state index contributed by atoms with van der Waals surface area (Å²) in [6, 6.07) is 14.9. The fourth-order valence-corrected chi connectivity index (χ4v) is 2.63. The van der Waals surface area contributed by atoms with Gasteiger partial charge in [0, 0.05) is 18.1 Å². The van der Waals surface area contributed by atoms with Gasteiger partial charge in [0.1, 0.15) is 23.8 Å². The van der Waals surface area contributed by atoms with Gasteiger partial charge in [0.25, 0.3) is 0 Å². The van der Waals surface area contributed by atoms with Crippen LogP contribution in [0.1, 0.15) is 24.5 Å². The lowest BCUT2D eigenvalue weighted by Crippen LogP contribution is -2.87. The molecule has 0 aliphatic rings. The van der Waals surface area contributed by atoms with Crippen LogP contribution in [-0.2, 0) is 13.0 Å². The van der Waals surface area contributed by atoms with E-state index in [1.807, 2.05) is 18.2 Å². The minimum atomic E-state index is 0.546. The molecule has 2 N–H and O–H groups in total. The fraction of sp³-hybridized carbons (Fsp3) is 0.400. The summed E-state index contributed by atoms with van der Waals surface area (Å²) in [6.45, 7) is 3.18. The predicted octanol–water partition coefficient (Wildman–Crippen LogP) is 2.80. The van der Waals surface area contributed by atoms with Crippen molar-refractivity contribution in [3.05, 3.63) is 53.6 Å². The number of quaternary nitrogens is 1. The highest BCUT2D eigenvalue weighted by molar-refractivity contribution is 5.38. The molecule has 0 radical (unpaired) electrons. The Labute approximate surface area is 144 Å². The molecule has 4 heteroatoms. The second-order valence-corrected chi connectivity index (χ2v) is 6.02. The second kappa shape index (κ2) is 9.18. The summed E-state index contributed by atoms with van der Waals surface area (Å²) in [7, 11) is 5.05. The zero-order valence-corrected chi connectivity index (χ0v) is 15.0. The van der Waals surface area contributed by atoms with Crippen LogP contribution in [-0.4, -0.2) is 27.4 Å². The van der Waals surface area contributed by atoms with E-state index >= 15 is 0 Å². The average Bonchev–Trinajstić information content (AvgIpc) is 2.64. The van der Waals surface area contributed by atoms with Gasteiger partial charge in [0.2, 0.25) is 0 Å². The molecule has 0 aliphatic heterocycles. The molecule has 1 atom stereocenters. The SMILES string of the molecule is COc1ccc(CC[C@H](C)[NH2+]Cc2cc(OC)cc(OC)c2)cc1. The molecule has 0 saturated carbocycles. The molecule has 0 aromatic heterocycles. The molecule has 130 valence electrons. The first-order valence-electron chi connectivity index (χ1n) is 8.32. The van der Waals surface area contributed by atoms with E-state index in [0.717, 1.165) is 36.6 Å². The molecular formula is C20H28NO3+. The first-order chi connectivity index (χ1) is 11.6. The van der Waals surface area contributed by atoms with Gasteiger partial charge in [-0.25, -0.2) is 0 Å². The molecule has 24 heavy (non-hydrogen) atoms. The van der Waals surface area contributed by atoms with Gasteiger partial charge < -0.3 is 19.5 Å². The quantitative estimate of drug-likeness (QED) is 0.769. The smallest absolute Gasteiger partial charge is 0.123 e. The first kappa shape index (κ1) is 18.1. The van der Waals surface area contributed by atoms with Gasteiger partial charge in [-0.2, -0.15) is 0 Å². The summed E-state index contributed by atoms with van der Waals surface area (Å²) in [5.74, 6) is 2.58. The Hall–Kier alpha value is -2.20. The first-order valence-corrected chi connectivity index (χ1v) is 8.32. The fourth-order valence-electron chi connectivity index (χ4n) is 2.63. The van der Waals surface area contributed by atoms with Gasteiger partial charge in [-0.3, -0.25) is 0 Å². The minimum absolute atomic E-state index is 0.546. The molecule has 4 nitrogen and oxygen atoms in total. The maximum Gasteiger partial charge on any atom is 0.123 e. The highest BCUT2D eigenvalue weighted by atomic mass is 16.5. The van der Waals surface area contributed by atoms with E-state index < -0.39 is 0 Å². The van der Waals surface area contributed by atoms with E-state index in [1.54, 1.807) is 21.3 Å². The van der Waals surface area contributed by atoms with Crippen molar-refractivity contribution < 1.29 is 19.5 Å². The number of hydrogen-bond acceptors (Lipinski definition) is 3. The van der Waals surface area contributed by atoms with Crippen molar-refractivity contribution in [1.82, 2.24) is 0 Å². The lowest BCUT2D eigenvalue weighted by atomic mass is 10.1. The summed E-state index contributed by atoms with van der Waals surface area (Å²) < 4.78 is 15.8. The van der Waals surface area contributed by atoms with Gasteiger partial charge in [0.15, 0.2) is 0 Å².